The number of carbonyl (C=O) groups is 2. The van der Waals surface area contributed by atoms with E-state index in [1.807, 2.05) is 17.0 Å². The van der Waals surface area contributed by atoms with Crippen LogP contribution in [-0.2, 0) is 22.6 Å². The van der Waals surface area contributed by atoms with E-state index < -0.39 is 11.9 Å². The summed E-state index contributed by atoms with van der Waals surface area (Å²) in [5.74, 6) is 0.394. The molecule has 1 unspecified atom stereocenters. The van der Waals surface area contributed by atoms with E-state index in [9.17, 15) is 14.0 Å². The topological polar surface area (TPSA) is 59.1 Å². The van der Waals surface area contributed by atoms with Crippen molar-refractivity contribution in [2.24, 2.45) is 0 Å². The van der Waals surface area contributed by atoms with Gasteiger partial charge in [0.15, 0.2) is 11.5 Å². The van der Waals surface area contributed by atoms with Crippen molar-refractivity contribution in [2.75, 3.05) is 25.7 Å². The Bertz CT molecular complexity index is 929. The van der Waals surface area contributed by atoms with Crippen LogP contribution in [0.1, 0.15) is 17.5 Å². The largest absolute Gasteiger partial charge is 0.493 e. The molecule has 146 valence electrons. The fourth-order valence-corrected chi connectivity index (χ4v) is 3.93. The average Bonchev–Trinajstić information content (AvgIpc) is 3.01. The second-order valence-electron chi connectivity index (χ2n) is 6.96. The summed E-state index contributed by atoms with van der Waals surface area (Å²) in [6.45, 7) is 1.22. The number of fused-ring (bicyclic) bond motifs is 1. The average molecular weight is 384 g/mol. The van der Waals surface area contributed by atoms with Crippen LogP contribution in [-0.4, -0.2) is 43.5 Å². The van der Waals surface area contributed by atoms with Crippen LogP contribution in [0.3, 0.4) is 0 Å². The number of hydrogen-bond donors (Lipinski definition) is 0. The van der Waals surface area contributed by atoms with E-state index in [4.69, 9.17) is 9.47 Å². The number of halogens is 1. The Labute approximate surface area is 162 Å². The van der Waals surface area contributed by atoms with Crippen LogP contribution in [0.15, 0.2) is 36.4 Å². The smallest absolute Gasteiger partial charge is 0.251 e. The zero-order valence-electron chi connectivity index (χ0n) is 15.8. The molecule has 2 aliphatic heterocycles. The first-order valence-corrected chi connectivity index (χ1v) is 9.12. The molecular formula is C21H21FN2O4. The predicted molar refractivity (Wildman–Crippen MR) is 101 cm³/mol. The van der Waals surface area contributed by atoms with Gasteiger partial charge < -0.3 is 9.47 Å². The molecule has 7 heteroatoms. The Kier molecular flexibility index (Phi) is 4.77. The lowest BCUT2D eigenvalue weighted by molar-refractivity contribution is -0.123. The summed E-state index contributed by atoms with van der Waals surface area (Å²) in [6.07, 6.45) is 0.878. The van der Waals surface area contributed by atoms with Crippen molar-refractivity contribution >= 4 is 17.5 Å². The maximum Gasteiger partial charge on any atom is 0.251 e. The van der Waals surface area contributed by atoms with Crippen LogP contribution in [0, 0.1) is 5.82 Å². The van der Waals surface area contributed by atoms with Crippen molar-refractivity contribution in [3.63, 3.8) is 0 Å². The van der Waals surface area contributed by atoms with E-state index in [0.717, 1.165) is 22.4 Å². The van der Waals surface area contributed by atoms with Crippen LogP contribution in [0.5, 0.6) is 11.5 Å². The molecule has 1 saturated heterocycles. The lowest BCUT2D eigenvalue weighted by atomic mass is 9.97. The third-order valence-corrected chi connectivity index (χ3v) is 5.40. The standard InChI is InChI=1S/C21H21FN2O4/c1-27-18-9-13-7-8-23(12-14(13)10-19(18)28-2)17-11-20(25)24(21(17)26)16-5-3-15(22)4-6-16/h3-6,9-10,17H,7-8,11-12H2,1-2H3. The maximum absolute atomic E-state index is 13.2. The summed E-state index contributed by atoms with van der Waals surface area (Å²) in [7, 11) is 3.19. The van der Waals surface area contributed by atoms with Crippen molar-refractivity contribution in [1.29, 1.82) is 0 Å². The molecule has 6 nitrogen and oxygen atoms in total. The number of amides is 2. The summed E-state index contributed by atoms with van der Waals surface area (Å²) >= 11 is 0. The molecular weight excluding hydrogens is 363 g/mol. The van der Waals surface area contributed by atoms with Gasteiger partial charge in [-0.2, -0.15) is 0 Å². The molecule has 1 fully saturated rings. The summed E-state index contributed by atoms with van der Waals surface area (Å²) < 4.78 is 23.9. The molecule has 2 heterocycles. The van der Waals surface area contributed by atoms with Gasteiger partial charge in [-0.05, 0) is 53.9 Å². The van der Waals surface area contributed by atoms with Crippen molar-refractivity contribution in [3.05, 3.63) is 53.3 Å². The quantitative estimate of drug-likeness (QED) is 0.759. The minimum Gasteiger partial charge on any atom is -0.493 e. The SMILES string of the molecule is COc1cc2c(cc1OC)CN(C1CC(=O)N(c3ccc(F)cc3)C1=O)CC2. The molecule has 2 aromatic rings. The summed E-state index contributed by atoms with van der Waals surface area (Å²) in [5.41, 5.74) is 2.62. The normalized spacial score (nSPS) is 19.7. The monoisotopic (exact) mass is 384 g/mol. The highest BCUT2D eigenvalue weighted by Gasteiger charge is 2.43. The number of carbonyl (C=O) groups excluding carboxylic acids is 2. The van der Waals surface area contributed by atoms with Crippen molar-refractivity contribution in [1.82, 2.24) is 4.90 Å². The summed E-state index contributed by atoms with van der Waals surface area (Å²) in [5, 5.41) is 0. The van der Waals surface area contributed by atoms with E-state index in [-0.39, 0.29) is 18.2 Å². The van der Waals surface area contributed by atoms with Crippen LogP contribution in [0.25, 0.3) is 0 Å². The summed E-state index contributed by atoms with van der Waals surface area (Å²) in [4.78, 5) is 28.6. The number of benzene rings is 2. The van der Waals surface area contributed by atoms with Gasteiger partial charge in [0.2, 0.25) is 5.91 Å². The fourth-order valence-electron chi connectivity index (χ4n) is 3.93. The first-order chi connectivity index (χ1) is 13.5. The number of nitrogens with zero attached hydrogens (tertiary/aromatic N) is 2. The van der Waals surface area contributed by atoms with Gasteiger partial charge in [-0.1, -0.05) is 0 Å². The Morgan fingerprint density at radius 1 is 1.00 bits per heavy atom. The highest BCUT2D eigenvalue weighted by Crippen LogP contribution is 2.35. The Balaban J connectivity index is 1.57. The lowest BCUT2D eigenvalue weighted by Crippen LogP contribution is -2.44. The second-order valence-corrected chi connectivity index (χ2v) is 6.96. The minimum absolute atomic E-state index is 0.124. The van der Waals surface area contributed by atoms with E-state index >= 15 is 0 Å². The molecule has 0 saturated carbocycles. The van der Waals surface area contributed by atoms with Gasteiger partial charge in [0.05, 0.1) is 32.4 Å². The van der Waals surface area contributed by atoms with Crippen LogP contribution >= 0.6 is 0 Å². The predicted octanol–water partition coefficient (Wildman–Crippen LogP) is 2.53. The molecule has 2 aromatic carbocycles. The maximum atomic E-state index is 13.2. The Hall–Kier alpha value is -2.93. The first-order valence-electron chi connectivity index (χ1n) is 9.12. The van der Waals surface area contributed by atoms with Crippen molar-refractivity contribution in [3.8, 4) is 11.5 Å². The van der Waals surface area contributed by atoms with Gasteiger partial charge in [-0.25, -0.2) is 9.29 Å². The van der Waals surface area contributed by atoms with Gasteiger partial charge in [-0.3, -0.25) is 14.5 Å². The van der Waals surface area contributed by atoms with Crippen molar-refractivity contribution < 1.29 is 23.5 Å². The lowest BCUT2D eigenvalue weighted by Gasteiger charge is -2.32. The summed E-state index contributed by atoms with van der Waals surface area (Å²) in [6, 6.07) is 8.79. The van der Waals surface area contributed by atoms with Crippen molar-refractivity contribution in [2.45, 2.75) is 25.4 Å². The molecule has 28 heavy (non-hydrogen) atoms. The zero-order valence-corrected chi connectivity index (χ0v) is 15.8. The van der Waals surface area contributed by atoms with Gasteiger partial charge in [0.25, 0.3) is 5.91 Å². The first kappa shape index (κ1) is 18.4. The van der Waals surface area contributed by atoms with Gasteiger partial charge in [-0.15, -0.1) is 0 Å². The Morgan fingerprint density at radius 2 is 1.64 bits per heavy atom. The molecule has 0 aliphatic carbocycles. The number of hydrogen-bond acceptors (Lipinski definition) is 5. The molecule has 0 N–H and O–H groups in total. The minimum atomic E-state index is -0.515. The number of methoxy groups -OCH3 is 2. The molecule has 0 aromatic heterocycles. The molecule has 4 rings (SSSR count). The fraction of sp³-hybridized carbons (Fsp3) is 0.333. The number of ether oxygens (including phenoxy) is 2. The van der Waals surface area contributed by atoms with E-state index in [2.05, 4.69) is 0 Å². The van der Waals surface area contributed by atoms with Crippen LogP contribution in [0.4, 0.5) is 10.1 Å². The van der Waals surface area contributed by atoms with E-state index in [0.29, 0.717) is 30.3 Å². The molecule has 0 spiro atoms. The van der Waals surface area contributed by atoms with Gasteiger partial charge >= 0.3 is 0 Å². The molecule has 2 aliphatic rings. The van der Waals surface area contributed by atoms with Crippen LogP contribution in [0.2, 0.25) is 0 Å². The molecule has 1 atom stereocenters. The van der Waals surface area contributed by atoms with E-state index in [1.165, 1.54) is 24.3 Å². The number of rotatable bonds is 4. The molecule has 2 amide bonds. The van der Waals surface area contributed by atoms with Gasteiger partial charge in [0.1, 0.15) is 5.82 Å². The zero-order chi connectivity index (χ0) is 19.8. The third kappa shape index (κ3) is 3.11. The molecule has 0 bridgehead atoms. The number of imide groups is 1. The third-order valence-electron chi connectivity index (χ3n) is 5.40. The van der Waals surface area contributed by atoms with E-state index in [1.54, 1.807) is 14.2 Å². The highest BCUT2D eigenvalue weighted by atomic mass is 19.1. The van der Waals surface area contributed by atoms with Crippen LogP contribution < -0.4 is 14.4 Å². The van der Waals surface area contributed by atoms with Gasteiger partial charge in [0, 0.05) is 13.1 Å². The highest BCUT2D eigenvalue weighted by molar-refractivity contribution is 6.22. The molecule has 0 radical (unpaired) electrons. The second kappa shape index (κ2) is 7.24. The Morgan fingerprint density at radius 3 is 2.29 bits per heavy atom. The number of anilines is 1.